The van der Waals surface area contributed by atoms with Gasteiger partial charge in [-0.15, -0.1) is 22.9 Å². The van der Waals surface area contributed by atoms with Crippen LogP contribution in [0.15, 0.2) is 12.1 Å². The maximum absolute atomic E-state index is 5.62. The first-order valence-corrected chi connectivity index (χ1v) is 5.85. The van der Waals surface area contributed by atoms with E-state index in [0.717, 1.165) is 18.7 Å². The molecule has 0 radical (unpaired) electrons. The SMILES string of the molecule is CCCc1ccc(CCCCl)s1. The zero-order valence-electron chi connectivity index (χ0n) is 7.48. The molecule has 0 bridgehead atoms. The van der Waals surface area contributed by atoms with Gasteiger partial charge in [-0.2, -0.15) is 0 Å². The van der Waals surface area contributed by atoms with E-state index in [2.05, 4.69) is 19.1 Å². The number of hydrogen-bond acceptors (Lipinski definition) is 1. The van der Waals surface area contributed by atoms with Crippen molar-refractivity contribution in [1.29, 1.82) is 0 Å². The van der Waals surface area contributed by atoms with Crippen molar-refractivity contribution in [2.24, 2.45) is 0 Å². The summed E-state index contributed by atoms with van der Waals surface area (Å²) in [6.07, 6.45) is 4.73. The molecule has 0 nitrogen and oxygen atoms in total. The molecular formula is C10H15ClS. The highest BCUT2D eigenvalue weighted by Gasteiger charge is 1.98. The fourth-order valence-electron chi connectivity index (χ4n) is 1.18. The Morgan fingerprint density at radius 3 is 2.50 bits per heavy atom. The lowest BCUT2D eigenvalue weighted by Gasteiger charge is -1.92. The normalized spacial score (nSPS) is 10.5. The third kappa shape index (κ3) is 3.16. The first-order valence-electron chi connectivity index (χ1n) is 4.50. The van der Waals surface area contributed by atoms with E-state index >= 15 is 0 Å². The number of aryl methyl sites for hydroxylation is 2. The first kappa shape index (κ1) is 10.1. The van der Waals surface area contributed by atoms with E-state index in [4.69, 9.17) is 11.6 Å². The highest BCUT2D eigenvalue weighted by atomic mass is 35.5. The molecule has 68 valence electrons. The third-order valence-corrected chi connectivity index (χ3v) is 3.24. The molecule has 0 aliphatic rings. The van der Waals surface area contributed by atoms with Gasteiger partial charge in [0, 0.05) is 15.6 Å². The minimum Gasteiger partial charge on any atom is -0.145 e. The van der Waals surface area contributed by atoms with Gasteiger partial charge >= 0.3 is 0 Å². The quantitative estimate of drug-likeness (QED) is 0.636. The molecule has 12 heavy (non-hydrogen) atoms. The lowest BCUT2D eigenvalue weighted by Crippen LogP contribution is -1.79. The monoisotopic (exact) mass is 202 g/mol. The Morgan fingerprint density at radius 2 is 1.92 bits per heavy atom. The number of rotatable bonds is 5. The van der Waals surface area contributed by atoms with E-state index in [-0.39, 0.29) is 0 Å². The van der Waals surface area contributed by atoms with Crippen molar-refractivity contribution in [3.8, 4) is 0 Å². The average molecular weight is 203 g/mol. The molecule has 0 aliphatic heterocycles. The van der Waals surface area contributed by atoms with Crippen LogP contribution in [0.3, 0.4) is 0 Å². The van der Waals surface area contributed by atoms with Gasteiger partial charge in [0.1, 0.15) is 0 Å². The number of thiophene rings is 1. The lowest BCUT2D eigenvalue weighted by molar-refractivity contribution is 0.940. The zero-order chi connectivity index (χ0) is 8.81. The van der Waals surface area contributed by atoms with Crippen molar-refractivity contribution >= 4 is 22.9 Å². The standard InChI is InChI=1S/C10H15ClS/c1-2-4-9-6-7-10(12-9)5-3-8-11/h6-7H,2-5,8H2,1H3. The summed E-state index contributed by atoms with van der Waals surface area (Å²) in [6, 6.07) is 4.49. The van der Waals surface area contributed by atoms with Crippen LogP contribution in [0.4, 0.5) is 0 Å². The molecule has 0 amide bonds. The molecule has 0 aromatic carbocycles. The Labute approximate surface area is 83.6 Å². The third-order valence-electron chi connectivity index (χ3n) is 1.77. The molecule has 1 rings (SSSR count). The van der Waals surface area contributed by atoms with Gasteiger partial charge in [-0.25, -0.2) is 0 Å². The molecule has 0 aliphatic carbocycles. The largest absolute Gasteiger partial charge is 0.145 e. The molecule has 0 N–H and O–H groups in total. The van der Waals surface area contributed by atoms with Crippen molar-refractivity contribution in [3.05, 3.63) is 21.9 Å². The second kappa shape index (κ2) is 5.60. The zero-order valence-corrected chi connectivity index (χ0v) is 9.05. The summed E-state index contributed by atoms with van der Waals surface area (Å²) in [5.74, 6) is 0.779. The maximum atomic E-state index is 5.62. The molecule has 0 unspecified atom stereocenters. The molecular weight excluding hydrogens is 188 g/mol. The van der Waals surface area contributed by atoms with Crippen molar-refractivity contribution in [1.82, 2.24) is 0 Å². The van der Waals surface area contributed by atoms with Gasteiger partial charge in [-0.3, -0.25) is 0 Å². The van der Waals surface area contributed by atoms with E-state index in [9.17, 15) is 0 Å². The van der Waals surface area contributed by atoms with Gasteiger partial charge in [-0.05, 0) is 31.4 Å². The summed E-state index contributed by atoms with van der Waals surface area (Å²) in [5, 5.41) is 0. The summed E-state index contributed by atoms with van der Waals surface area (Å²) in [4.78, 5) is 3.00. The van der Waals surface area contributed by atoms with Crippen LogP contribution in [0.5, 0.6) is 0 Å². The van der Waals surface area contributed by atoms with Crippen LogP contribution in [0.2, 0.25) is 0 Å². The molecule has 0 saturated heterocycles. The Hall–Kier alpha value is -0.0100. The van der Waals surface area contributed by atoms with E-state index in [0.29, 0.717) is 0 Å². The van der Waals surface area contributed by atoms with E-state index < -0.39 is 0 Å². The Morgan fingerprint density at radius 1 is 1.25 bits per heavy atom. The van der Waals surface area contributed by atoms with Crippen LogP contribution < -0.4 is 0 Å². The second-order valence-electron chi connectivity index (χ2n) is 2.91. The van der Waals surface area contributed by atoms with Crippen LogP contribution in [0, 0.1) is 0 Å². The minimum atomic E-state index is 0.779. The second-order valence-corrected chi connectivity index (χ2v) is 4.54. The van der Waals surface area contributed by atoms with Crippen LogP contribution >= 0.6 is 22.9 Å². The van der Waals surface area contributed by atoms with Crippen molar-refractivity contribution in [3.63, 3.8) is 0 Å². The van der Waals surface area contributed by atoms with Crippen molar-refractivity contribution in [2.75, 3.05) is 5.88 Å². The molecule has 0 spiro atoms. The van der Waals surface area contributed by atoms with Gasteiger partial charge < -0.3 is 0 Å². The van der Waals surface area contributed by atoms with Gasteiger partial charge in [0.25, 0.3) is 0 Å². The Balaban J connectivity index is 2.41. The fraction of sp³-hybridized carbons (Fsp3) is 0.600. The summed E-state index contributed by atoms with van der Waals surface area (Å²) in [6.45, 7) is 2.22. The number of alkyl halides is 1. The molecule has 1 heterocycles. The minimum absolute atomic E-state index is 0.779. The Bertz CT molecular complexity index is 217. The fourth-order valence-corrected chi connectivity index (χ4v) is 2.47. The van der Waals surface area contributed by atoms with Gasteiger partial charge in [0.05, 0.1) is 0 Å². The highest BCUT2D eigenvalue weighted by Crippen LogP contribution is 2.19. The molecule has 0 saturated carbocycles. The van der Waals surface area contributed by atoms with Crippen LogP contribution in [0.1, 0.15) is 29.5 Å². The lowest BCUT2D eigenvalue weighted by atomic mass is 10.2. The van der Waals surface area contributed by atoms with Crippen LogP contribution in [-0.2, 0) is 12.8 Å². The first-order chi connectivity index (χ1) is 5.86. The molecule has 0 atom stereocenters. The molecule has 0 fully saturated rings. The Kier molecular flexibility index (Phi) is 4.70. The summed E-state index contributed by atoms with van der Waals surface area (Å²) in [7, 11) is 0. The molecule has 2 heteroatoms. The molecule has 1 aromatic heterocycles. The highest BCUT2D eigenvalue weighted by molar-refractivity contribution is 7.11. The maximum Gasteiger partial charge on any atom is 0.0226 e. The average Bonchev–Trinajstić information content (AvgIpc) is 2.50. The number of halogens is 1. The predicted octanol–water partition coefficient (Wildman–Crippen LogP) is 3.87. The van der Waals surface area contributed by atoms with Crippen molar-refractivity contribution < 1.29 is 0 Å². The molecule has 1 aromatic rings. The predicted molar refractivity (Wildman–Crippen MR) is 57.4 cm³/mol. The van der Waals surface area contributed by atoms with E-state index in [1.165, 1.54) is 22.6 Å². The topological polar surface area (TPSA) is 0 Å². The summed E-state index contributed by atoms with van der Waals surface area (Å²) < 4.78 is 0. The van der Waals surface area contributed by atoms with Gasteiger partial charge in [0.2, 0.25) is 0 Å². The van der Waals surface area contributed by atoms with E-state index in [1.54, 1.807) is 0 Å². The summed E-state index contributed by atoms with van der Waals surface area (Å²) in [5.41, 5.74) is 0. The van der Waals surface area contributed by atoms with Crippen molar-refractivity contribution in [2.45, 2.75) is 32.6 Å². The van der Waals surface area contributed by atoms with Gasteiger partial charge in [0.15, 0.2) is 0 Å². The number of hydrogen-bond donors (Lipinski definition) is 0. The summed E-state index contributed by atoms with van der Waals surface area (Å²) >= 11 is 7.56. The van der Waals surface area contributed by atoms with E-state index in [1.807, 2.05) is 11.3 Å². The van der Waals surface area contributed by atoms with Crippen LogP contribution in [0.25, 0.3) is 0 Å². The smallest absolute Gasteiger partial charge is 0.0226 e. The van der Waals surface area contributed by atoms with Gasteiger partial charge in [-0.1, -0.05) is 13.3 Å². The van der Waals surface area contributed by atoms with Crippen LogP contribution in [-0.4, -0.2) is 5.88 Å².